The SMILES string of the molecule is O=C(C(Cc1ccccc1)N1C(=O)c2cccc3cccc(c23)C1=O)N1CCCCCC1. The number of hydrogen-bond donors (Lipinski definition) is 0. The zero-order chi connectivity index (χ0) is 22.1. The molecule has 3 aromatic carbocycles. The number of carbonyl (C=O) groups excluding carboxylic acids is 3. The molecule has 1 unspecified atom stereocenters. The van der Waals surface area contributed by atoms with Gasteiger partial charge in [-0.15, -0.1) is 0 Å². The summed E-state index contributed by atoms with van der Waals surface area (Å²) in [6.45, 7) is 1.35. The molecule has 0 radical (unpaired) electrons. The first-order valence-corrected chi connectivity index (χ1v) is 11.4. The summed E-state index contributed by atoms with van der Waals surface area (Å²) in [5.74, 6) is -0.907. The van der Waals surface area contributed by atoms with E-state index in [-0.39, 0.29) is 17.7 Å². The lowest BCUT2D eigenvalue weighted by molar-refractivity contribution is -0.135. The second kappa shape index (κ2) is 8.58. The third-order valence-corrected chi connectivity index (χ3v) is 6.59. The van der Waals surface area contributed by atoms with Gasteiger partial charge in [-0.1, -0.05) is 67.4 Å². The van der Waals surface area contributed by atoms with Crippen LogP contribution in [-0.2, 0) is 11.2 Å². The first-order chi connectivity index (χ1) is 15.6. The maximum atomic E-state index is 13.8. The normalized spacial score (nSPS) is 17.4. The summed E-state index contributed by atoms with van der Waals surface area (Å²) in [6.07, 6.45) is 4.42. The van der Waals surface area contributed by atoms with Crippen LogP contribution in [0.2, 0.25) is 0 Å². The number of likely N-dealkylation sites (tertiary alicyclic amines) is 1. The van der Waals surface area contributed by atoms with Crippen LogP contribution in [0.3, 0.4) is 0 Å². The molecule has 3 aromatic rings. The first kappa shape index (κ1) is 20.4. The van der Waals surface area contributed by atoms with Crippen LogP contribution >= 0.6 is 0 Å². The summed E-state index contributed by atoms with van der Waals surface area (Å²) in [5.41, 5.74) is 1.90. The average molecular weight is 427 g/mol. The fourth-order valence-corrected chi connectivity index (χ4v) is 4.96. The third-order valence-electron chi connectivity index (χ3n) is 6.59. The molecule has 5 nitrogen and oxygen atoms in total. The van der Waals surface area contributed by atoms with Crippen molar-refractivity contribution in [3.05, 3.63) is 83.4 Å². The van der Waals surface area contributed by atoms with E-state index < -0.39 is 6.04 Å². The van der Waals surface area contributed by atoms with Crippen molar-refractivity contribution in [2.45, 2.75) is 38.1 Å². The zero-order valence-corrected chi connectivity index (χ0v) is 18.0. The van der Waals surface area contributed by atoms with Gasteiger partial charge >= 0.3 is 0 Å². The van der Waals surface area contributed by atoms with Crippen LogP contribution in [0.1, 0.15) is 52.0 Å². The Kier molecular flexibility index (Phi) is 5.48. The van der Waals surface area contributed by atoms with Crippen molar-refractivity contribution < 1.29 is 14.4 Å². The summed E-state index contributed by atoms with van der Waals surface area (Å²) in [5, 5.41) is 1.54. The Morgan fingerprint density at radius 3 is 1.94 bits per heavy atom. The molecule has 1 atom stereocenters. The van der Waals surface area contributed by atoms with E-state index in [4.69, 9.17) is 0 Å². The number of amides is 3. The van der Waals surface area contributed by atoms with E-state index in [1.807, 2.05) is 59.5 Å². The highest BCUT2D eigenvalue weighted by molar-refractivity contribution is 6.26. The van der Waals surface area contributed by atoms with E-state index in [1.54, 1.807) is 12.1 Å². The van der Waals surface area contributed by atoms with Crippen LogP contribution < -0.4 is 0 Å². The summed E-state index contributed by atoms with van der Waals surface area (Å²) in [7, 11) is 0. The summed E-state index contributed by atoms with van der Waals surface area (Å²) in [4.78, 5) is 44.1. The molecule has 2 aliphatic heterocycles. The quantitative estimate of drug-likeness (QED) is 0.579. The molecule has 5 heteroatoms. The van der Waals surface area contributed by atoms with Gasteiger partial charge in [-0.3, -0.25) is 19.3 Å². The lowest BCUT2D eigenvalue weighted by Gasteiger charge is -2.36. The van der Waals surface area contributed by atoms with E-state index in [2.05, 4.69) is 0 Å². The number of nitrogens with zero attached hydrogens (tertiary/aromatic N) is 2. The van der Waals surface area contributed by atoms with Gasteiger partial charge in [-0.25, -0.2) is 0 Å². The Bertz CT molecular complexity index is 1130. The molecule has 0 N–H and O–H groups in total. The van der Waals surface area contributed by atoms with E-state index >= 15 is 0 Å². The topological polar surface area (TPSA) is 57.7 Å². The van der Waals surface area contributed by atoms with Crippen molar-refractivity contribution >= 4 is 28.5 Å². The van der Waals surface area contributed by atoms with Crippen LogP contribution in [0.25, 0.3) is 10.8 Å². The molecular formula is C27H26N2O3. The molecule has 32 heavy (non-hydrogen) atoms. The van der Waals surface area contributed by atoms with Crippen molar-refractivity contribution in [2.75, 3.05) is 13.1 Å². The second-order valence-corrected chi connectivity index (χ2v) is 8.63. The molecular weight excluding hydrogens is 400 g/mol. The summed E-state index contributed by atoms with van der Waals surface area (Å²) < 4.78 is 0. The first-order valence-electron chi connectivity index (χ1n) is 11.4. The average Bonchev–Trinajstić information content (AvgIpc) is 3.12. The Balaban J connectivity index is 1.58. The molecule has 5 rings (SSSR count). The van der Waals surface area contributed by atoms with Crippen molar-refractivity contribution in [3.63, 3.8) is 0 Å². The van der Waals surface area contributed by atoms with Crippen molar-refractivity contribution in [1.82, 2.24) is 9.80 Å². The summed E-state index contributed by atoms with van der Waals surface area (Å²) in [6, 6.07) is 19.7. The van der Waals surface area contributed by atoms with Gasteiger partial charge in [0.05, 0.1) is 0 Å². The number of carbonyl (C=O) groups is 3. The molecule has 1 saturated heterocycles. The number of benzene rings is 3. The van der Waals surface area contributed by atoms with Crippen molar-refractivity contribution in [1.29, 1.82) is 0 Å². The lowest BCUT2D eigenvalue weighted by Crippen LogP contribution is -2.55. The van der Waals surface area contributed by atoms with Gasteiger partial charge in [0.25, 0.3) is 11.8 Å². The minimum Gasteiger partial charge on any atom is -0.341 e. The Labute approximate surface area is 187 Å². The van der Waals surface area contributed by atoms with E-state index in [0.29, 0.717) is 36.0 Å². The predicted molar refractivity (Wildman–Crippen MR) is 123 cm³/mol. The smallest absolute Gasteiger partial charge is 0.262 e. The monoisotopic (exact) mass is 426 g/mol. The summed E-state index contributed by atoms with van der Waals surface area (Å²) >= 11 is 0. The maximum Gasteiger partial charge on any atom is 0.262 e. The van der Waals surface area contributed by atoms with Gasteiger partial charge in [0.2, 0.25) is 5.91 Å². The largest absolute Gasteiger partial charge is 0.341 e. The van der Waals surface area contributed by atoms with Crippen LogP contribution in [0.4, 0.5) is 0 Å². The minimum atomic E-state index is -0.862. The molecule has 2 heterocycles. The van der Waals surface area contributed by atoms with Crippen molar-refractivity contribution in [3.8, 4) is 0 Å². The van der Waals surface area contributed by atoms with Crippen LogP contribution in [0.5, 0.6) is 0 Å². The molecule has 0 aliphatic carbocycles. The highest BCUT2D eigenvalue weighted by Crippen LogP contribution is 2.32. The van der Waals surface area contributed by atoms with Crippen LogP contribution in [0.15, 0.2) is 66.7 Å². The molecule has 162 valence electrons. The fraction of sp³-hybridized carbons (Fsp3) is 0.296. The standard InChI is InChI=1S/C27H26N2O3/c30-25-21-14-8-12-20-13-9-15-22(24(20)21)26(31)29(25)23(18-19-10-4-3-5-11-19)27(32)28-16-6-1-2-7-17-28/h3-5,8-15,23H,1-2,6-7,16-18H2. The molecule has 0 aromatic heterocycles. The molecule has 3 amide bonds. The molecule has 1 fully saturated rings. The van der Waals surface area contributed by atoms with Crippen LogP contribution in [0, 0.1) is 0 Å². The predicted octanol–water partition coefficient (Wildman–Crippen LogP) is 4.45. The van der Waals surface area contributed by atoms with E-state index in [9.17, 15) is 14.4 Å². The fourth-order valence-electron chi connectivity index (χ4n) is 4.96. The van der Waals surface area contributed by atoms with Gasteiger partial charge in [0.1, 0.15) is 6.04 Å². The van der Waals surface area contributed by atoms with Gasteiger partial charge < -0.3 is 4.90 Å². The highest BCUT2D eigenvalue weighted by Gasteiger charge is 2.41. The third kappa shape index (κ3) is 3.58. The maximum absolute atomic E-state index is 13.8. The van der Waals surface area contributed by atoms with Gasteiger partial charge in [0, 0.05) is 36.0 Å². The highest BCUT2D eigenvalue weighted by atomic mass is 16.2. The molecule has 0 saturated carbocycles. The van der Waals surface area contributed by atoms with Crippen molar-refractivity contribution in [2.24, 2.45) is 0 Å². The number of rotatable bonds is 4. The van der Waals surface area contributed by atoms with Crippen LogP contribution in [-0.4, -0.2) is 46.7 Å². The lowest BCUT2D eigenvalue weighted by atomic mass is 9.91. The Morgan fingerprint density at radius 1 is 0.750 bits per heavy atom. The Hall–Kier alpha value is -3.47. The van der Waals surface area contributed by atoms with Gasteiger partial charge in [-0.2, -0.15) is 0 Å². The Morgan fingerprint density at radius 2 is 1.34 bits per heavy atom. The zero-order valence-electron chi connectivity index (χ0n) is 18.0. The van der Waals surface area contributed by atoms with E-state index in [1.165, 1.54) is 4.90 Å². The molecule has 2 aliphatic rings. The molecule has 0 spiro atoms. The number of hydrogen-bond acceptors (Lipinski definition) is 3. The molecule has 0 bridgehead atoms. The number of imide groups is 1. The second-order valence-electron chi connectivity index (χ2n) is 8.63. The van der Waals surface area contributed by atoms with Gasteiger partial charge in [-0.05, 0) is 35.9 Å². The minimum absolute atomic E-state index is 0.135. The van der Waals surface area contributed by atoms with E-state index in [0.717, 1.165) is 36.6 Å². The van der Waals surface area contributed by atoms with Gasteiger partial charge in [0.15, 0.2) is 0 Å².